The molecule has 1 aromatic heterocycles. The summed E-state index contributed by atoms with van der Waals surface area (Å²) in [6, 6.07) is 6.13. The second-order valence-corrected chi connectivity index (χ2v) is 9.79. The van der Waals surface area contributed by atoms with E-state index in [1.54, 1.807) is 23.0 Å². The van der Waals surface area contributed by atoms with Gasteiger partial charge in [-0.3, -0.25) is 9.48 Å². The Morgan fingerprint density at radius 3 is 2.52 bits per heavy atom. The minimum Gasteiger partial charge on any atom is -0.323 e. The van der Waals surface area contributed by atoms with Crippen LogP contribution in [0.15, 0.2) is 41.6 Å². The molecule has 1 aliphatic heterocycles. The van der Waals surface area contributed by atoms with Crippen LogP contribution in [0.3, 0.4) is 0 Å². The fraction of sp³-hybridized carbons (Fsp3) is 0.474. The molecular weight excluding hydrogens is 414 g/mol. The number of rotatable bonds is 7. The maximum absolute atomic E-state index is 12.7. The summed E-state index contributed by atoms with van der Waals surface area (Å²) in [5.74, 6) is -0.322. The molecule has 2 aromatic rings. The van der Waals surface area contributed by atoms with Crippen molar-refractivity contribution in [2.45, 2.75) is 24.3 Å². The van der Waals surface area contributed by atoms with Crippen molar-refractivity contribution in [3.63, 3.8) is 0 Å². The highest BCUT2D eigenvalue weighted by molar-refractivity contribution is 7.89. The summed E-state index contributed by atoms with van der Waals surface area (Å²) in [7, 11) is 0.412. The van der Waals surface area contributed by atoms with Gasteiger partial charge in [0.15, 0.2) is 0 Å². The van der Waals surface area contributed by atoms with E-state index in [4.69, 9.17) is 11.6 Å². The van der Waals surface area contributed by atoms with Crippen molar-refractivity contribution in [2.24, 2.45) is 5.92 Å². The molecule has 3 rings (SSSR count). The first-order valence-corrected chi connectivity index (χ1v) is 11.3. The fourth-order valence-corrected chi connectivity index (χ4v) is 4.81. The number of hydrogen-bond acceptors (Lipinski definition) is 5. The number of carbonyl (C=O) groups excluding carboxylic acids is 1. The Morgan fingerprint density at radius 1 is 1.24 bits per heavy atom. The maximum atomic E-state index is 12.7. The van der Waals surface area contributed by atoms with Crippen molar-refractivity contribution in [1.29, 1.82) is 0 Å². The summed E-state index contributed by atoms with van der Waals surface area (Å²) >= 11 is 5.84. The standard InChI is InChI=1S/C19H26ClN5O3S/c1-23(2)11-12-24-14-17(13-21-24)22-19(26)15-7-9-25(10-8-15)29(27,28)18-5-3-16(20)4-6-18/h3-6,13-15H,7-12H2,1-2H3,(H,22,26). The Bertz CT molecular complexity index is 935. The monoisotopic (exact) mass is 439 g/mol. The first-order valence-electron chi connectivity index (χ1n) is 9.49. The minimum atomic E-state index is -3.57. The summed E-state index contributed by atoms with van der Waals surface area (Å²) in [6.07, 6.45) is 4.40. The maximum Gasteiger partial charge on any atom is 0.243 e. The second-order valence-electron chi connectivity index (χ2n) is 7.42. The molecule has 1 aromatic carbocycles. The average molecular weight is 440 g/mol. The number of hydrogen-bond donors (Lipinski definition) is 1. The van der Waals surface area contributed by atoms with Crippen LogP contribution in [-0.4, -0.2) is 67.0 Å². The Labute approximate surface area is 176 Å². The van der Waals surface area contributed by atoms with Gasteiger partial charge in [-0.15, -0.1) is 0 Å². The molecule has 0 saturated carbocycles. The van der Waals surface area contributed by atoms with Crippen LogP contribution in [0.1, 0.15) is 12.8 Å². The molecule has 158 valence electrons. The lowest BCUT2D eigenvalue weighted by Gasteiger charge is -2.30. The summed E-state index contributed by atoms with van der Waals surface area (Å²) in [6.45, 7) is 2.22. The third-order valence-corrected chi connectivity index (χ3v) is 7.12. The molecular formula is C19H26ClN5O3S. The van der Waals surface area contributed by atoms with Gasteiger partial charge in [-0.05, 0) is 51.2 Å². The zero-order valence-corrected chi connectivity index (χ0v) is 18.2. The Hall–Kier alpha value is -1.94. The number of amides is 1. The van der Waals surface area contributed by atoms with Crippen molar-refractivity contribution in [1.82, 2.24) is 19.0 Å². The van der Waals surface area contributed by atoms with Gasteiger partial charge in [0.25, 0.3) is 0 Å². The molecule has 0 bridgehead atoms. The largest absolute Gasteiger partial charge is 0.323 e. The average Bonchev–Trinajstić information content (AvgIpc) is 3.14. The highest BCUT2D eigenvalue weighted by atomic mass is 35.5. The lowest BCUT2D eigenvalue weighted by molar-refractivity contribution is -0.120. The summed E-state index contributed by atoms with van der Waals surface area (Å²) < 4.78 is 28.7. The number of nitrogens with zero attached hydrogens (tertiary/aromatic N) is 4. The molecule has 0 unspecified atom stereocenters. The molecule has 0 atom stereocenters. The summed E-state index contributed by atoms with van der Waals surface area (Å²) in [5, 5.41) is 7.63. The smallest absolute Gasteiger partial charge is 0.243 e. The number of piperidine rings is 1. The van der Waals surface area contributed by atoms with E-state index in [9.17, 15) is 13.2 Å². The van der Waals surface area contributed by atoms with Crippen LogP contribution < -0.4 is 5.32 Å². The van der Waals surface area contributed by atoms with E-state index in [1.807, 2.05) is 20.3 Å². The molecule has 10 heteroatoms. The van der Waals surface area contributed by atoms with Gasteiger partial charge >= 0.3 is 0 Å². The number of nitrogens with one attached hydrogen (secondary N) is 1. The van der Waals surface area contributed by atoms with E-state index >= 15 is 0 Å². The molecule has 0 spiro atoms. The number of aromatic nitrogens is 2. The molecule has 2 heterocycles. The van der Waals surface area contributed by atoms with E-state index in [2.05, 4.69) is 15.3 Å². The zero-order valence-electron chi connectivity index (χ0n) is 16.6. The molecule has 0 aliphatic carbocycles. The highest BCUT2D eigenvalue weighted by Gasteiger charge is 2.32. The van der Waals surface area contributed by atoms with Crippen LogP contribution >= 0.6 is 11.6 Å². The van der Waals surface area contributed by atoms with E-state index in [-0.39, 0.29) is 16.7 Å². The van der Waals surface area contributed by atoms with E-state index in [1.165, 1.54) is 16.4 Å². The number of halogens is 1. The van der Waals surface area contributed by atoms with E-state index in [0.717, 1.165) is 13.1 Å². The van der Waals surface area contributed by atoms with Crippen molar-refractivity contribution < 1.29 is 13.2 Å². The molecule has 1 fully saturated rings. The minimum absolute atomic E-state index is 0.0966. The third kappa shape index (κ3) is 5.57. The topological polar surface area (TPSA) is 87.5 Å². The number of likely N-dealkylation sites (N-methyl/N-ethyl adjacent to an activating group) is 1. The van der Waals surface area contributed by atoms with Gasteiger partial charge in [-0.25, -0.2) is 8.42 Å². The number of benzene rings is 1. The quantitative estimate of drug-likeness (QED) is 0.714. The lowest BCUT2D eigenvalue weighted by Crippen LogP contribution is -2.41. The molecule has 8 nitrogen and oxygen atoms in total. The van der Waals surface area contributed by atoms with Gasteiger partial charge in [0.2, 0.25) is 15.9 Å². The van der Waals surface area contributed by atoms with Gasteiger partial charge < -0.3 is 10.2 Å². The first-order chi connectivity index (χ1) is 13.8. The van der Waals surface area contributed by atoms with Gasteiger partial charge in [0, 0.05) is 36.8 Å². The van der Waals surface area contributed by atoms with Crippen LogP contribution in [0.2, 0.25) is 5.02 Å². The number of sulfonamides is 1. The van der Waals surface area contributed by atoms with Crippen LogP contribution in [0.4, 0.5) is 5.69 Å². The lowest BCUT2D eigenvalue weighted by atomic mass is 9.97. The number of carbonyl (C=O) groups is 1. The molecule has 1 N–H and O–H groups in total. The molecule has 0 radical (unpaired) electrons. The zero-order chi connectivity index (χ0) is 21.0. The van der Waals surface area contributed by atoms with Crippen molar-refractivity contribution in [3.8, 4) is 0 Å². The summed E-state index contributed by atoms with van der Waals surface area (Å²) in [4.78, 5) is 14.8. The third-order valence-electron chi connectivity index (χ3n) is 4.95. The number of anilines is 1. The predicted octanol–water partition coefficient (Wildman–Crippen LogP) is 2.14. The van der Waals surface area contributed by atoms with E-state index in [0.29, 0.717) is 36.6 Å². The fourth-order valence-electron chi connectivity index (χ4n) is 3.21. The van der Waals surface area contributed by atoms with Crippen molar-refractivity contribution in [2.75, 3.05) is 39.0 Å². The first kappa shape index (κ1) is 21.8. The van der Waals surface area contributed by atoms with Gasteiger partial charge in [0.1, 0.15) is 0 Å². The van der Waals surface area contributed by atoms with Gasteiger partial charge in [0.05, 0.1) is 23.3 Å². The van der Waals surface area contributed by atoms with Crippen LogP contribution in [0, 0.1) is 5.92 Å². The van der Waals surface area contributed by atoms with Crippen molar-refractivity contribution >= 4 is 33.2 Å². The second kappa shape index (κ2) is 9.25. The Kier molecular flexibility index (Phi) is 6.94. The molecule has 1 aliphatic rings. The van der Waals surface area contributed by atoms with Gasteiger partial charge in [-0.1, -0.05) is 11.6 Å². The highest BCUT2D eigenvalue weighted by Crippen LogP contribution is 2.25. The Morgan fingerprint density at radius 2 is 1.90 bits per heavy atom. The van der Waals surface area contributed by atoms with Crippen LogP contribution in [0.25, 0.3) is 0 Å². The SMILES string of the molecule is CN(C)CCn1cc(NC(=O)C2CCN(S(=O)(=O)c3ccc(Cl)cc3)CC2)cn1. The summed E-state index contributed by atoms with van der Waals surface area (Å²) in [5.41, 5.74) is 0.657. The normalized spacial score (nSPS) is 16.3. The van der Waals surface area contributed by atoms with Crippen molar-refractivity contribution in [3.05, 3.63) is 41.7 Å². The van der Waals surface area contributed by atoms with Gasteiger partial charge in [-0.2, -0.15) is 9.40 Å². The molecule has 29 heavy (non-hydrogen) atoms. The molecule has 1 amide bonds. The van der Waals surface area contributed by atoms with Crippen LogP contribution in [-0.2, 0) is 21.4 Å². The Balaban J connectivity index is 1.53. The van der Waals surface area contributed by atoms with E-state index < -0.39 is 10.0 Å². The molecule has 1 saturated heterocycles. The predicted molar refractivity (Wildman–Crippen MR) is 112 cm³/mol. The van der Waals surface area contributed by atoms with Crippen LogP contribution in [0.5, 0.6) is 0 Å².